The first-order chi connectivity index (χ1) is 42.8. The summed E-state index contributed by atoms with van der Waals surface area (Å²) in [6.45, 7) is 8.84. The van der Waals surface area contributed by atoms with E-state index in [2.05, 4.69) is 45.7 Å². The van der Waals surface area contributed by atoms with Crippen LogP contribution in [0.3, 0.4) is 0 Å². The molecule has 15 N–H and O–H groups in total. The molecule has 0 aliphatic carbocycles. The predicted octanol–water partition coefficient (Wildman–Crippen LogP) is -3.31. The van der Waals surface area contributed by atoms with Gasteiger partial charge in [0.2, 0.25) is 70.9 Å². The number of allylic oxidation sites excluding steroid dienone is 1. The van der Waals surface area contributed by atoms with Crippen LogP contribution in [0.4, 0.5) is 0 Å². The Balaban J connectivity index is 1.63. The molecule has 3 saturated heterocycles. The van der Waals surface area contributed by atoms with Crippen LogP contribution in [-0.4, -0.2) is 230 Å². The molecule has 0 aromatic rings. The van der Waals surface area contributed by atoms with Gasteiger partial charge < -0.3 is 88.7 Å². The molecule has 33 heteroatoms. The van der Waals surface area contributed by atoms with Crippen LogP contribution >= 0.6 is 0 Å². The van der Waals surface area contributed by atoms with Crippen molar-refractivity contribution in [2.24, 2.45) is 17.6 Å². The Kier molecular flexibility index (Phi) is 31.4. The standard InChI is InChI=1S/C58H91N13O20/c1-8-31(4)18-13-11-9-10-12-14-21-40(72)64-36(26-45(79)80)56(89)69(7)39(27-46(81)82)54(87)65-35(25-44(77)78)51(84)60-28-41(73)63-34(24-43(75)76)50(83)61-29-42(74)66-48(32(5)59)55(88)67-47(30(2)3)57(90)71-23-17-20-38(71)53(86)68-49-33(6)62-52(85)37-19-15-16-22-70(37)58(49)91/h12,14,30-39,47-49H,8-11,13,15-29,59H2,1-7H3,(H,60,84)(H,61,83)(H,62,85)(H,63,73)(H,64,72)(H,65,87)(H,66,74)(H,67,88)(H,68,86)(H,75,76)(H,77,78)(H,79,80)(H,81,82)/b14-12+. The molecule has 0 aromatic heterocycles. The summed E-state index contributed by atoms with van der Waals surface area (Å²) in [6, 6.07) is -15.5. The van der Waals surface area contributed by atoms with Gasteiger partial charge in [-0.15, -0.1) is 0 Å². The van der Waals surface area contributed by atoms with Gasteiger partial charge in [-0.2, -0.15) is 0 Å². The van der Waals surface area contributed by atoms with E-state index in [9.17, 15) is 97.1 Å². The van der Waals surface area contributed by atoms with Crippen molar-refractivity contribution < 1.29 is 97.1 Å². The summed E-state index contributed by atoms with van der Waals surface area (Å²) in [5.74, 6) is -18.1. The third kappa shape index (κ3) is 24.8. The lowest BCUT2D eigenvalue weighted by Crippen LogP contribution is -2.62. The average Bonchev–Trinajstić information content (AvgIpc) is 1.79. The zero-order valence-electron chi connectivity index (χ0n) is 52.5. The summed E-state index contributed by atoms with van der Waals surface area (Å²) >= 11 is 0. The highest BCUT2D eigenvalue weighted by Gasteiger charge is 2.46. The van der Waals surface area contributed by atoms with E-state index in [4.69, 9.17) is 5.73 Å². The predicted molar refractivity (Wildman–Crippen MR) is 320 cm³/mol. The Labute approximate surface area is 526 Å². The van der Waals surface area contributed by atoms with Gasteiger partial charge in [-0.1, -0.05) is 65.5 Å². The summed E-state index contributed by atoms with van der Waals surface area (Å²) in [6.07, 6.45) is 6.79. The van der Waals surface area contributed by atoms with E-state index in [0.717, 1.165) is 45.6 Å². The van der Waals surface area contributed by atoms with Gasteiger partial charge in [-0.25, -0.2) is 0 Å². The molecule has 0 saturated carbocycles. The Bertz CT molecular complexity index is 2710. The van der Waals surface area contributed by atoms with E-state index < -0.39 is 200 Å². The van der Waals surface area contributed by atoms with E-state index in [0.29, 0.717) is 43.0 Å². The number of fused-ring (bicyclic) bond motifs is 1. The second kappa shape index (κ2) is 37.4. The van der Waals surface area contributed by atoms with Gasteiger partial charge in [-0.05, 0) is 70.6 Å². The van der Waals surface area contributed by atoms with Crippen LogP contribution in [0.5, 0.6) is 0 Å². The average molecular weight is 1290 g/mol. The zero-order valence-corrected chi connectivity index (χ0v) is 52.5. The minimum atomic E-state index is -2.10. The van der Waals surface area contributed by atoms with Crippen molar-refractivity contribution in [1.82, 2.24) is 62.6 Å². The number of piperidine rings is 1. The third-order valence-electron chi connectivity index (χ3n) is 15.8. The van der Waals surface area contributed by atoms with Crippen LogP contribution in [0.1, 0.15) is 144 Å². The van der Waals surface area contributed by atoms with Gasteiger partial charge in [0, 0.05) is 32.6 Å². The van der Waals surface area contributed by atoms with Gasteiger partial charge in [0.25, 0.3) is 0 Å². The Morgan fingerprint density at radius 1 is 0.648 bits per heavy atom. The van der Waals surface area contributed by atoms with Crippen LogP contribution in [0.15, 0.2) is 12.2 Å². The molecule has 3 aliphatic heterocycles. The lowest BCUT2D eigenvalue weighted by Gasteiger charge is -2.35. The SMILES string of the molecule is CCC(C)CCCCC/C=C/CC(=O)NC(CC(=O)O)C(=O)N(C)C(CC(=O)O)C(=O)NC(CC(=O)O)C(=O)NCC(=O)NC(CC(=O)O)C(=O)NCC(=O)NC(C(=O)NC(C(=O)N1CCCC1C(=O)NC1C(=O)N2CCCCC2C(=O)NC1C)C(C)C)C(C)N. The summed E-state index contributed by atoms with van der Waals surface area (Å²) in [7, 11) is 0.907. The number of unbranched alkanes of at least 4 members (excludes halogenated alkanes) is 3. The number of carboxylic acids is 4. The highest BCUT2D eigenvalue weighted by molar-refractivity contribution is 6.01. The molecule has 12 atom stereocenters. The maximum atomic E-state index is 14.2. The monoisotopic (exact) mass is 1290 g/mol. The number of carbonyl (C=O) groups is 16. The van der Waals surface area contributed by atoms with Gasteiger partial charge in [0.15, 0.2) is 0 Å². The van der Waals surface area contributed by atoms with Gasteiger partial charge in [-0.3, -0.25) is 76.7 Å². The van der Waals surface area contributed by atoms with Crippen LogP contribution in [0.25, 0.3) is 0 Å². The molecule has 0 bridgehead atoms. The third-order valence-corrected chi connectivity index (χ3v) is 15.8. The molecule has 33 nitrogen and oxygen atoms in total. The molecule has 3 heterocycles. The van der Waals surface area contributed by atoms with Crippen molar-refractivity contribution >= 4 is 94.8 Å². The molecule has 0 aromatic carbocycles. The molecule has 3 fully saturated rings. The second-order valence-electron chi connectivity index (χ2n) is 23.6. The van der Waals surface area contributed by atoms with Gasteiger partial charge in [0.1, 0.15) is 54.4 Å². The quantitative estimate of drug-likeness (QED) is 0.0214. The number of carboxylic acid groups (broad SMARTS) is 4. The molecule has 91 heavy (non-hydrogen) atoms. The minimum absolute atomic E-state index is 0.110. The molecule has 0 spiro atoms. The van der Waals surface area contributed by atoms with Crippen molar-refractivity contribution in [3.8, 4) is 0 Å². The minimum Gasteiger partial charge on any atom is -0.481 e. The molecule has 12 amide bonds. The topological polar surface area (TPSA) is 498 Å². The fourth-order valence-corrected chi connectivity index (χ4v) is 10.5. The first kappa shape index (κ1) is 76.5. The van der Waals surface area contributed by atoms with E-state index in [1.165, 1.54) is 22.8 Å². The zero-order chi connectivity index (χ0) is 68.4. The number of likely N-dealkylation sites (N-methyl/N-ethyl adjacent to an activating group) is 1. The van der Waals surface area contributed by atoms with Crippen molar-refractivity contribution in [2.45, 2.75) is 211 Å². The van der Waals surface area contributed by atoms with Crippen LogP contribution in [-0.2, 0) is 76.7 Å². The maximum absolute atomic E-state index is 14.2. The lowest BCUT2D eigenvalue weighted by atomic mass is 10.00. The number of rotatable bonds is 37. The van der Waals surface area contributed by atoms with Crippen LogP contribution in [0.2, 0.25) is 0 Å². The number of nitrogens with one attached hydrogen (secondary N) is 9. The van der Waals surface area contributed by atoms with E-state index in [1.54, 1.807) is 26.8 Å². The fourth-order valence-electron chi connectivity index (χ4n) is 10.5. The first-order valence-corrected chi connectivity index (χ1v) is 30.6. The van der Waals surface area contributed by atoms with Crippen molar-refractivity contribution in [3.63, 3.8) is 0 Å². The van der Waals surface area contributed by atoms with Gasteiger partial charge >= 0.3 is 23.9 Å². The highest BCUT2D eigenvalue weighted by Crippen LogP contribution is 2.25. The first-order valence-electron chi connectivity index (χ1n) is 30.6. The molecule has 508 valence electrons. The maximum Gasteiger partial charge on any atom is 0.305 e. The van der Waals surface area contributed by atoms with Crippen molar-refractivity contribution in [3.05, 3.63) is 12.2 Å². The molecular formula is C58H91N13O20. The number of aliphatic carboxylic acids is 4. The number of amides is 12. The molecule has 12 unspecified atom stereocenters. The number of nitrogens with two attached hydrogens (primary N) is 1. The molecule has 3 rings (SSSR count). The summed E-state index contributed by atoms with van der Waals surface area (Å²) < 4.78 is 0. The van der Waals surface area contributed by atoms with E-state index in [1.807, 2.05) is 16.0 Å². The Morgan fingerprint density at radius 2 is 1.22 bits per heavy atom. The normalized spacial score (nSPS) is 19.8. The largest absolute Gasteiger partial charge is 0.481 e. The van der Waals surface area contributed by atoms with Crippen LogP contribution < -0.4 is 53.6 Å². The summed E-state index contributed by atoms with van der Waals surface area (Å²) in [5.41, 5.74) is 6.09. The Morgan fingerprint density at radius 3 is 1.79 bits per heavy atom. The number of carbonyl (C=O) groups excluding carboxylic acids is 12. The molecule has 0 radical (unpaired) electrons. The molecule has 3 aliphatic rings. The van der Waals surface area contributed by atoms with Gasteiger partial charge in [0.05, 0.1) is 44.8 Å². The Hall–Kier alpha value is -8.78. The summed E-state index contributed by atoms with van der Waals surface area (Å²) in [4.78, 5) is 212. The van der Waals surface area contributed by atoms with Crippen molar-refractivity contribution in [1.29, 1.82) is 0 Å². The smallest absolute Gasteiger partial charge is 0.305 e. The fraction of sp³-hybridized carbons (Fsp3) is 0.690. The molecular weight excluding hydrogens is 1200 g/mol. The number of likely N-dealkylation sites (tertiary alicyclic amines) is 1. The number of nitrogens with zero attached hydrogens (tertiary/aromatic N) is 3. The highest BCUT2D eigenvalue weighted by atomic mass is 16.4. The second-order valence-corrected chi connectivity index (χ2v) is 23.6. The number of hydrogen-bond acceptors (Lipinski definition) is 17. The van der Waals surface area contributed by atoms with Crippen LogP contribution in [0, 0.1) is 11.8 Å². The lowest BCUT2D eigenvalue weighted by molar-refractivity contribution is -0.150. The number of hydrogen-bond donors (Lipinski definition) is 14. The van der Waals surface area contributed by atoms with Crippen molar-refractivity contribution in [2.75, 3.05) is 33.2 Å². The van der Waals surface area contributed by atoms with E-state index in [-0.39, 0.29) is 25.3 Å². The van der Waals surface area contributed by atoms with E-state index >= 15 is 0 Å². The summed E-state index contributed by atoms with van der Waals surface area (Å²) in [5, 5.41) is 59.3.